The van der Waals surface area contributed by atoms with Gasteiger partial charge in [-0.1, -0.05) is 29.5 Å². The summed E-state index contributed by atoms with van der Waals surface area (Å²) in [5.74, 6) is 0.764. The molecule has 0 unspecified atom stereocenters. The lowest BCUT2D eigenvalue weighted by atomic mass is 10.1. The molecule has 6 nitrogen and oxygen atoms in total. The first-order chi connectivity index (χ1) is 14.1. The minimum absolute atomic E-state index is 0.0948. The van der Waals surface area contributed by atoms with Gasteiger partial charge in [0.05, 0.1) is 30.1 Å². The first-order valence-electron chi connectivity index (χ1n) is 9.45. The van der Waals surface area contributed by atoms with E-state index in [1.165, 1.54) is 22.7 Å². The summed E-state index contributed by atoms with van der Waals surface area (Å²) in [5, 5.41) is 5.33. The van der Waals surface area contributed by atoms with E-state index in [0.717, 1.165) is 21.9 Å². The van der Waals surface area contributed by atoms with Gasteiger partial charge < -0.3 is 9.64 Å². The van der Waals surface area contributed by atoms with Gasteiger partial charge >= 0.3 is 0 Å². The van der Waals surface area contributed by atoms with Crippen LogP contribution in [0.1, 0.15) is 32.7 Å². The molecule has 0 atom stereocenters. The number of benzene rings is 1. The zero-order valence-corrected chi connectivity index (χ0v) is 17.6. The van der Waals surface area contributed by atoms with Gasteiger partial charge in [0.1, 0.15) is 5.75 Å². The van der Waals surface area contributed by atoms with Gasteiger partial charge in [-0.25, -0.2) is 4.98 Å². The lowest BCUT2D eigenvalue weighted by molar-refractivity contribution is -0.131. The van der Waals surface area contributed by atoms with Crippen LogP contribution in [0.3, 0.4) is 0 Å². The van der Waals surface area contributed by atoms with Crippen LogP contribution >= 0.6 is 22.7 Å². The molecule has 1 aromatic carbocycles. The van der Waals surface area contributed by atoms with E-state index in [0.29, 0.717) is 42.5 Å². The third kappa shape index (κ3) is 4.65. The number of anilines is 1. The van der Waals surface area contributed by atoms with Crippen molar-refractivity contribution < 1.29 is 14.3 Å². The van der Waals surface area contributed by atoms with Gasteiger partial charge in [-0.2, -0.15) is 0 Å². The van der Waals surface area contributed by atoms with Gasteiger partial charge in [0.25, 0.3) is 5.91 Å². The first-order valence-corrected chi connectivity index (χ1v) is 11.1. The van der Waals surface area contributed by atoms with Gasteiger partial charge in [-0.05, 0) is 36.1 Å². The van der Waals surface area contributed by atoms with E-state index < -0.39 is 0 Å². The summed E-state index contributed by atoms with van der Waals surface area (Å²) >= 11 is 2.84. The number of fused-ring (bicyclic) bond motifs is 1. The summed E-state index contributed by atoms with van der Waals surface area (Å²) in [5.41, 5.74) is 1.94. The molecular formula is C21H21N3O3S2. The Morgan fingerprint density at radius 1 is 1.24 bits per heavy atom. The van der Waals surface area contributed by atoms with Gasteiger partial charge in [0.15, 0.2) is 5.13 Å². The lowest BCUT2D eigenvalue weighted by Crippen LogP contribution is -2.36. The van der Waals surface area contributed by atoms with Crippen LogP contribution in [0.15, 0.2) is 41.8 Å². The molecule has 0 aliphatic carbocycles. The van der Waals surface area contributed by atoms with Crippen molar-refractivity contribution in [2.45, 2.75) is 26.3 Å². The number of carbonyl (C=O) groups is 2. The molecule has 2 amide bonds. The van der Waals surface area contributed by atoms with E-state index >= 15 is 0 Å². The Kier molecular flexibility index (Phi) is 5.92. The van der Waals surface area contributed by atoms with E-state index in [-0.39, 0.29) is 11.8 Å². The Morgan fingerprint density at radius 2 is 2.07 bits per heavy atom. The average Bonchev–Trinajstić information content (AvgIpc) is 3.38. The third-order valence-corrected chi connectivity index (χ3v) is 6.51. The highest BCUT2D eigenvalue weighted by Gasteiger charge is 2.24. The number of aromatic nitrogens is 1. The van der Waals surface area contributed by atoms with Crippen molar-refractivity contribution in [1.82, 2.24) is 9.88 Å². The number of amides is 2. The second-order valence-corrected chi connectivity index (χ2v) is 8.67. The van der Waals surface area contributed by atoms with Crippen molar-refractivity contribution in [3.63, 3.8) is 0 Å². The predicted molar refractivity (Wildman–Crippen MR) is 115 cm³/mol. The predicted octanol–water partition coefficient (Wildman–Crippen LogP) is 3.98. The fourth-order valence-corrected chi connectivity index (χ4v) is 4.82. The Labute approximate surface area is 177 Å². The number of thiazole rings is 1. The Morgan fingerprint density at radius 3 is 2.79 bits per heavy atom. The molecule has 4 rings (SSSR count). The number of hydrogen-bond acceptors (Lipinski definition) is 6. The molecule has 150 valence electrons. The van der Waals surface area contributed by atoms with Gasteiger partial charge in [0, 0.05) is 17.8 Å². The maximum atomic E-state index is 12.7. The number of carbonyl (C=O) groups excluding carboxylic acids is 2. The minimum atomic E-state index is -0.144. The van der Waals surface area contributed by atoms with Crippen LogP contribution in [0, 0.1) is 0 Å². The highest BCUT2D eigenvalue weighted by molar-refractivity contribution is 7.16. The van der Waals surface area contributed by atoms with E-state index in [1.807, 2.05) is 47.5 Å². The number of nitrogens with one attached hydrogen (secondary N) is 1. The Hall–Kier alpha value is -2.71. The summed E-state index contributed by atoms with van der Waals surface area (Å²) in [6.45, 7) is 3.75. The van der Waals surface area contributed by atoms with Crippen LogP contribution in [0.4, 0.5) is 5.13 Å². The molecule has 1 aliphatic heterocycles. The molecule has 0 spiro atoms. The highest BCUT2D eigenvalue weighted by atomic mass is 32.1. The second kappa shape index (κ2) is 8.75. The minimum Gasteiger partial charge on any atom is -0.494 e. The summed E-state index contributed by atoms with van der Waals surface area (Å²) in [6.07, 6.45) is 1.07. The highest BCUT2D eigenvalue weighted by Crippen LogP contribution is 2.29. The van der Waals surface area contributed by atoms with Crippen molar-refractivity contribution in [2.75, 3.05) is 18.5 Å². The molecule has 29 heavy (non-hydrogen) atoms. The standard InChI is InChI=1S/C21H21N3O3S2/c1-2-27-15-7-5-14(6-8-15)12-19(25)24-10-9-16-18(13-24)29-21(22-16)23-20(26)17-4-3-11-28-17/h3-8,11H,2,9-10,12-13H2,1H3,(H,22,23,26). The van der Waals surface area contributed by atoms with Crippen molar-refractivity contribution in [1.29, 1.82) is 0 Å². The zero-order chi connectivity index (χ0) is 20.2. The van der Waals surface area contributed by atoms with Gasteiger partial charge in [0.2, 0.25) is 5.91 Å². The molecule has 3 aromatic rings. The molecule has 1 aliphatic rings. The fourth-order valence-electron chi connectivity index (χ4n) is 3.18. The Bertz CT molecular complexity index is 997. The smallest absolute Gasteiger partial charge is 0.267 e. The first kappa shape index (κ1) is 19.6. The Balaban J connectivity index is 1.37. The molecule has 1 N–H and O–H groups in total. The maximum absolute atomic E-state index is 12.7. The number of ether oxygens (including phenoxy) is 1. The van der Waals surface area contributed by atoms with Crippen LogP contribution in [0.2, 0.25) is 0 Å². The summed E-state index contributed by atoms with van der Waals surface area (Å²) in [6, 6.07) is 11.3. The number of thiophene rings is 1. The molecule has 8 heteroatoms. The molecule has 0 saturated heterocycles. The van der Waals surface area contributed by atoms with Crippen molar-refractivity contribution >= 4 is 39.6 Å². The van der Waals surface area contributed by atoms with E-state index in [1.54, 1.807) is 6.07 Å². The third-order valence-electron chi connectivity index (χ3n) is 4.64. The van der Waals surface area contributed by atoms with Crippen LogP contribution in [0.25, 0.3) is 0 Å². The van der Waals surface area contributed by atoms with Crippen LogP contribution < -0.4 is 10.1 Å². The van der Waals surface area contributed by atoms with E-state index in [2.05, 4.69) is 10.3 Å². The van der Waals surface area contributed by atoms with Crippen LogP contribution in [-0.2, 0) is 24.2 Å². The monoisotopic (exact) mass is 427 g/mol. The van der Waals surface area contributed by atoms with Gasteiger partial charge in [-0.15, -0.1) is 11.3 Å². The molecule has 0 fully saturated rings. The molecule has 0 radical (unpaired) electrons. The van der Waals surface area contributed by atoms with Crippen molar-refractivity contribution in [3.05, 3.63) is 62.8 Å². The quantitative estimate of drug-likeness (QED) is 0.646. The fraction of sp³-hybridized carbons (Fsp3) is 0.286. The average molecular weight is 428 g/mol. The topological polar surface area (TPSA) is 71.5 Å². The van der Waals surface area contributed by atoms with Gasteiger partial charge in [-0.3, -0.25) is 14.9 Å². The van der Waals surface area contributed by atoms with E-state index in [4.69, 9.17) is 4.74 Å². The SMILES string of the molecule is CCOc1ccc(CC(=O)N2CCc3nc(NC(=O)c4cccs4)sc3C2)cc1. The molecular weight excluding hydrogens is 406 g/mol. The normalized spacial score (nSPS) is 13.1. The molecule has 0 saturated carbocycles. The second-order valence-electron chi connectivity index (χ2n) is 6.64. The summed E-state index contributed by atoms with van der Waals surface area (Å²) in [7, 11) is 0. The largest absolute Gasteiger partial charge is 0.494 e. The number of hydrogen-bond donors (Lipinski definition) is 1. The van der Waals surface area contributed by atoms with Crippen LogP contribution in [0.5, 0.6) is 5.75 Å². The number of rotatable bonds is 6. The summed E-state index contributed by atoms with van der Waals surface area (Å²) < 4.78 is 5.44. The van der Waals surface area contributed by atoms with Crippen molar-refractivity contribution in [3.8, 4) is 5.75 Å². The van der Waals surface area contributed by atoms with E-state index in [9.17, 15) is 9.59 Å². The van der Waals surface area contributed by atoms with Crippen LogP contribution in [-0.4, -0.2) is 34.8 Å². The number of nitrogens with zero attached hydrogens (tertiary/aromatic N) is 2. The van der Waals surface area contributed by atoms with Crippen molar-refractivity contribution in [2.24, 2.45) is 0 Å². The molecule has 2 aromatic heterocycles. The lowest BCUT2D eigenvalue weighted by Gasteiger charge is -2.26. The zero-order valence-electron chi connectivity index (χ0n) is 16.0. The maximum Gasteiger partial charge on any atom is 0.267 e. The molecule has 3 heterocycles. The molecule has 0 bridgehead atoms. The summed E-state index contributed by atoms with van der Waals surface area (Å²) in [4.78, 5) is 33.1.